The summed E-state index contributed by atoms with van der Waals surface area (Å²) in [5.41, 5.74) is 0. The third kappa shape index (κ3) is 1.72. The van der Waals surface area contributed by atoms with Crippen molar-refractivity contribution in [2.24, 2.45) is 0 Å². The highest BCUT2D eigenvalue weighted by Crippen LogP contribution is 2.33. The third-order valence-corrected chi connectivity index (χ3v) is 2.73. The van der Waals surface area contributed by atoms with E-state index in [-0.39, 0.29) is 0 Å². The number of nitrogens with one attached hydrogen (secondary N) is 1. The lowest BCUT2D eigenvalue weighted by Gasteiger charge is -2.06. The van der Waals surface area contributed by atoms with Crippen LogP contribution < -0.4 is 5.32 Å². The van der Waals surface area contributed by atoms with Crippen molar-refractivity contribution in [1.82, 2.24) is 15.5 Å². The van der Waals surface area contributed by atoms with Crippen molar-refractivity contribution >= 4 is 0 Å². The van der Waals surface area contributed by atoms with Crippen LogP contribution in [0.2, 0.25) is 0 Å². The number of hydrogen-bond donors (Lipinski definition) is 1. The molecule has 1 aromatic heterocycles. The molecule has 0 saturated heterocycles. The number of aryl methyl sites for hydroxylation is 1. The van der Waals surface area contributed by atoms with E-state index in [2.05, 4.69) is 15.5 Å². The number of rotatable bonds is 2. The molecule has 0 amide bonds. The van der Waals surface area contributed by atoms with E-state index in [4.69, 9.17) is 4.52 Å². The lowest BCUT2D eigenvalue weighted by molar-refractivity contribution is 0.349. The molecule has 0 bridgehead atoms. The van der Waals surface area contributed by atoms with Crippen LogP contribution >= 0.6 is 0 Å². The summed E-state index contributed by atoms with van der Waals surface area (Å²) < 4.78 is 5.15. The molecule has 0 spiro atoms. The van der Waals surface area contributed by atoms with Gasteiger partial charge in [-0.25, -0.2) is 0 Å². The van der Waals surface area contributed by atoms with Gasteiger partial charge in [-0.2, -0.15) is 4.98 Å². The Hall–Kier alpha value is -0.900. The van der Waals surface area contributed by atoms with Crippen LogP contribution in [0.3, 0.4) is 0 Å². The van der Waals surface area contributed by atoms with Gasteiger partial charge in [0.25, 0.3) is 0 Å². The van der Waals surface area contributed by atoms with Crippen LogP contribution in [0.4, 0.5) is 0 Å². The fraction of sp³-hybridized carbons (Fsp3) is 0.778. The molecule has 0 radical (unpaired) electrons. The summed E-state index contributed by atoms with van der Waals surface area (Å²) in [7, 11) is 2.01. The molecule has 13 heavy (non-hydrogen) atoms. The molecule has 1 N–H and O–H groups in total. The van der Waals surface area contributed by atoms with Crippen molar-refractivity contribution in [2.75, 3.05) is 7.05 Å². The molecule has 2 atom stereocenters. The van der Waals surface area contributed by atoms with Gasteiger partial charge in [-0.1, -0.05) is 5.16 Å². The van der Waals surface area contributed by atoms with E-state index >= 15 is 0 Å². The predicted octanol–water partition coefficient (Wildman–Crippen LogP) is 1.23. The van der Waals surface area contributed by atoms with Crippen LogP contribution in [0.1, 0.15) is 36.9 Å². The molecule has 1 fully saturated rings. The Morgan fingerprint density at radius 2 is 2.31 bits per heavy atom. The van der Waals surface area contributed by atoms with Gasteiger partial charge >= 0.3 is 0 Å². The fourth-order valence-electron chi connectivity index (χ4n) is 1.95. The molecule has 4 heteroatoms. The van der Waals surface area contributed by atoms with Crippen molar-refractivity contribution in [3.8, 4) is 0 Å². The Morgan fingerprint density at radius 3 is 2.85 bits per heavy atom. The van der Waals surface area contributed by atoms with E-state index in [0.29, 0.717) is 12.0 Å². The topological polar surface area (TPSA) is 51.0 Å². The zero-order valence-corrected chi connectivity index (χ0v) is 8.08. The highest BCUT2D eigenvalue weighted by atomic mass is 16.5. The predicted molar refractivity (Wildman–Crippen MR) is 48.5 cm³/mol. The Labute approximate surface area is 77.7 Å². The first-order chi connectivity index (χ1) is 6.29. The summed E-state index contributed by atoms with van der Waals surface area (Å²) in [6.07, 6.45) is 3.49. The molecule has 1 saturated carbocycles. The zero-order chi connectivity index (χ0) is 9.26. The second kappa shape index (κ2) is 3.46. The Morgan fingerprint density at radius 1 is 1.46 bits per heavy atom. The van der Waals surface area contributed by atoms with Gasteiger partial charge in [-0.05, 0) is 33.2 Å². The van der Waals surface area contributed by atoms with E-state index in [1.54, 1.807) is 0 Å². The highest BCUT2D eigenvalue weighted by molar-refractivity contribution is 4.98. The molecule has 1 aliphatic carbocycles. The monoisotopic (exact) mass is 181 g/mol. The van der Waals surface area contributed by atoms with E-state index < -0.39 is 0 Å². The molecule has 1 aromatic rings. The normalized spacial score (nSPS) is 28.2. The smallest absolute Gasteiger partial charge is 0.229 e. The SMILES string of the molecule is CN[C@@H]1CC[C@H](c2nc(C)no2)C1. The number of hydrogen-bond acceptors (Lipinski definition) is 4. The van der Waals surface area contributed by atoms with Crippen molar-refractivity contribution in [2.45, 2.75) is 38.1 Å². The summed E-state index contributed by atoms with van der Waals surface area (Å²) in [5, 5.41) is 7.09. The maximum absolute atomic E-state index is 5.15. The molecule has 1 aliphatic rings. The first-order valence-electron chi connectivity index (χ1n) is 4.77. The average Bonchev–Trinajstić information content (AvgIpc) is 2.71. The van der Waals surface area contributed by atoms with Gasteiger partial charge in [-0.15, -0.1) is 0 Å². The molecule has 0 unspecified atom stereocenters. The van der Waals surface area contributed by atoms with Crippen LogP contribution in [-0.2, 0) is 0 Å². The second-order valence-electron chi connectivity index (χ2n) is 3.68. The van der Waals surface area contributed by atoms with Gasteiger partial charge in [0, 0.05) is 12.0 Å². The minimum absolute atomic E-state index is 0.471. The Kier molecular flexibility index (Phi) is 2.31. The van der Waals surface area contributed by atoms with Crippen molar-refractivity contribution < 1.29 is 4.52 Å². The van der Waals surface area contributed by atoms with Crippen LogP contribution in [0.25, 0.3) is 0 Å². The molecule has 0 aromatic carbocycles. The first-order valence-corrected chi connectivity index (χ1v) is 4.77. The quantitative estimate of drug-likeness (QED) is 0.745. The van der Waals surface area contributed by atoms with Crippen molar-refractivity contribution in [3.05, 3.63) is 11.7 Å². The first kappa shape index (κ1) is 8.69. The van der Waals surface area contributed by atoms with Crippen LogP contribution in [0.15, 0.2) is 4.52 Å². The lowest BCUT2D eigenvalue weighted by atomic mass is 10.1. The van der Waals surface area contributed by atoms with Crippen LogP contribution in [0, 0.1) is 6.92 Å². The number of aromatic nitrogens is 2. The van der Waals surface area contributed by atoms with Gasteiger partial charge in [0.15, 0.2) is 5.82 Å². The lowest BCUT2D eigenvalue weighted by Crippen LogP contribution is -2.21. The van der Waals surface area contributed by atoms with Gasteiger partial charge < -0.3 is 9.84 Å². The molecule has 4 nitrogen and oxygen atoms in total. The van der Waals surface area contributed by atoms with E-state index in [1.165, 1.54) is 6.42 Å². The molecular formula is C9H15N3O. The molecule has 1 heterocycles. The molecular weight excluding hydrogens is 166 g/mol. The minimum atomic E-state index is 0.471. The van der Waals surface area contributed by atoms with Gasteiger partial charge in [0.1, 0.15) is 0 Å². The fourth-order valence-corrected chi connectivity index (χ4v) is 1.95. The molecule has 72 valence electrons. The summed E-state index contributed by atoms with van der Waals surface area (Å²) in [6, 6.07) is 0.622. The largest absolute Gasteiger partial charge is 0.339 e. The summed E-state index contributed by atoms with van der Waals surface area (Å²) in [4.78, 5) is 4.26. The van der Waals surface area contributed by atoms with Crippen molar-refractivity contribution in [3.63, 3.8) is 0 Å². The van der Waals surface area contributed by atoms with E-state index in [0.717, 1.165) is 24.6 Å². The van der Waals surface area contributed by atoms with E-state index in [9.17, 15) is 0 Å². The maximum atomic E-state index is 5.15. The summed E-state index contributed by atoms with van der Waals surface area (Å²) in [5.74, 6) is 2.02. The molecule has 0 aliphatic heterocycles. The maximum Gasteiger partial charge on any atom is 0.229 e. The van der Waals surface area contributed by atoms with Crippen LogP contribution in [-0.4, -0.2) is 23.2 Å². The minimum Gasteiger partial charge on any atom is -0.339 e. The number of nitrogens with zero attached hydrogens (tertiary/aromatic N) is 2. The van der Waals surface area contributed by atoms with Gasteiger partial charge in [0.05, 0.1) is 0 Å². The highest BCUT2D eigenvalue weighted by Gasteiger charge is 2.28. The second-order valence-corrected chi connectivity index (χ2v) is 3.68. The van der Waals surface area contributed by atoms with Crippen molar-refractivity contribution in [1.29, 1.82) is 0 Å². The van der Waals surface area contributed by atoms with Gasteiger partial charge in [0.2, 0.25) is 5.89 Å². The summed E-state index contributed by atoms with van der Waals surface area (Å²) >= 11 is 0. The van der Waals surface area contributed by atoms with E-state index in [1.807, 2.05) is 14.0 Å². The standard InChI is InChI=1S/C9H15N3O/c1-6-11-9(13-12-6)7-3-4-8(5-7)10-2/h7-8,10H,3-5H2,1-2H3/t7-,8+/m0/s1. The zero-order valence-electron chi connectivity index (χ0n) is 8.08. The summed E-state index contributed by atoms with van der Waals surface area (Å²) in [6.45, 7) is 1.86. The van der Waals surface area contributed by atoms with Crippen LogP contribution in [0.5, 0.6) is 0 Å². The third-order valence-electron chi connectivity index (χ3n) is 2.73. The Balaban J connectivity index is 2.03. The Bertz CT molecular complexity index is 284. The van der Waals surface area contributed by atoms with Gasteiger partial charge in [-0.3, -0.25) is 0 Å². The average molecular weight is 181 g/mol. The molecule has 2 rings (SSSR count).